The topological polar surface area (TPSA) is 138 Å². The molecule has 0 aliphatic rings. The molecule has 4 aromatic rings. The second kappa shape index (κ2) is 4.97. The molecule has 0 saturated carbocycles. The molecule has 0 radical (unpaired) electrons. The van der Waals surface area contributed by atoms with Crippen LogP contribution < -0.4 is 10.4 Å². The predicted octanol–water partition coefficient (Wildman–Crippen LogP) is -0.166. The van der Waals surface area contributed by atoms with Crippen molar-refractivity contribution in [3.05, 3.63) is 40.0 Å². The summed E-state index contributed by atoms with van der Waals surface area (Å²) in [5, 5.41) is 12.2. The third-order valence-electron chi connectivity index (χ3n) is 3.14. The summed E-state index contributed by atoms with van der Waals surface area (Å²) in [6.45, 7) is 0.0397. The van der Waals surface area contributed by atoms with Crippen molar-refractivity contribution < 1.29 is 8.42 Å². The van der Waals surface area contributed by atoms with Gasteiger partial charge in [0, 0.05) is 0 Å². The lowest BCUT2D eigenvalue weighted by molar-refractivity contribution is 0.581. The van der Waals surface area contributed by atoms with Gasteiger partial charge in [-0.2, -0.15) is 9.61 Å². The van der Waals surface area contributed by atoms with E-state index in [2.05, 4.69) is 30.0 Å². The minimum atomic E-state index is -3.73. The van der Waals surface area contributed by atoms with E-state index in [-0.39, 0.29) is 17.1 Å². The van der Waals surface area contributed by atoms with E-state index >= 15 is 0 Å². The molecule has 1 aromatic carbocycles. The molecule has 3 aromatic heterocycles. The summed E-state index contributed by atoms with van der Waals surface area (Å²) in [6.07, 6.45) is 1.44. The molecule has 10 nitrogen and oxygen atoms in total. The Morgan fingerprint density at radius 3 is 2.91 bits per heavy atom. The number of nitrogens with zero attached hydrogens (tertiary/aromatic N) is 4. The molecule has 0 aliphatic carbocycles. The fourth-order valence-electron chi connectivity index (χ4n) is 2.09. The van der Waals surface area contributed by atoms with E-state index in [0.717, 1.165) is 0 Å². The zero-order valence-electron chi connectivity index (χ0n) is 11.3. The Hall–Kier alpha value is -2.57. The van der Waals surface area contributed by atoms with Crippen LogP contribution in [0.3, 0.4) is 0 Å². The van der Waals surface area contributed by atoms with Crippen LogP contribution in [-0.2, 0) is 16.6 Å². The van der Waals surface area contributed by atoms with Gasteiger partial charge in [0.05, 0.1) is 22.5 Å². The number of aromatic amines is 2. The number of imidazole rings is 1. The summed E-state index contributed by atoms with van der Waals surface area (Å²) in [5.41, 5.74) is 0.585. The van der Waals surface area contributed by atoms with Crippen molar-refractivity contribution in [2.45, 2.75) is 11.4 Å². The van der Waals surface area contributed by atoms with E-state index in [1.807, 2.05) is 0 Å². The van der Waals surface area contributed by atoms with Crippen LogP contribution in [0.25, 0.3) is 16.0 Å². The molecule has 118 valence electrons. The first-order chi connectivity index (χ1) is 11.0. The number of H-pyrrole nitrogens is 2. The molecule has 0 bridgehead atoms. The molecule has 12 heteroatoms. The standard InChI is InChI=1S/C11H9N7O3S2/c19-10-14-7-2-1-6(3-8(7)15-10)23(20,21)13-4-9-17-18-5-12-16-11(18)22-9/h1-3,5,13H,4H2,(H2,14,15,19). The van der Waals surface area contributed by atoms with Gasteiger partial charge in [-0.3, -0.25) is 0 Å². The summed E-state index contributed by atoms with van der Waals surface area (Å²) in [6, 6.07) is 4.35. The highest BCUT2D eigenvalue weighted by atomic mass is 32.2. The number of nitrogens with one attached hydrogen (secondary N) is 3. The molecule has 0 aliphatic heterocycles. The lowest BCUT2D eigenvalue weighted by atomic mass is 10.3. The SMILES string of the molecule is O=c1[nH]c2ccc(S(=O)(=O)NCc3nn4cnnc4s3)cc2[nH]1. The van der Waals surface area contributed by atoms with Gasteiger partial charge in [-0.25, -0.2) is 17.9 Å². The quantitative estimate of drug-likeness (QED) is 0.467. The Labute approximate surface area is 132 Å². The van der Waals surface area contributed by atoms with Gasteiger partial charge in [0.25, 0.3) is 0 Å². The maximum Gasteiger partial charge on any atom is 0.323 e. The summed E-state index contributed by atoms with van der Waals surface area (Å²) in [4.78, 5) is 17.0. The largest absolute Gasteiger partial charge is 0.323 e. The van der Waals surface area contributed by atoms with Crippen LogP contribution in [0.2, 0.25) is 0 Å². The van der Waals surface area contributed by atoms with Gasteiger partial charge in [0.2, 0.25) is 15.0 Å². The molecular formula is C11H9N7O3S2. The Morgan fingerprint density at radius 2 is 2.09 bits per heavy atom. The number of hydrogen-bond acceptors (Lipinski definition) is 7. The van der Waals surface area contributed by atoms with Gasteiger partial charge in [0.1, 0.15) is 11.3 Å². The van der Waals surface area contributed by atoms with Gasteiger partial charge in [-0.05, 0) is 18.2 Å². The summed E-state index contributed by atoms with van der Waals surface area (Å²) in [7, 11) is -3.73. The third-order valence-corrected chi connectivity index (χ3v) is 5.45. The highest BCUT2D eigenvalue weighted by Gasteiger charge is 2.16. The molecule has 4 rings (SSSR count). The summed E-state index contributed by atoms with van der Waals surface area (Å²) < 4.78 is 28.6. The Morgan fingerprint density at radius 1 is 1.26 bits per heavy atom. The molecule has 23 heavy (non-hydrogen) atoms. The van der Waals surface area contributed by atoms with Crippen LogP contribution in [-0.4, -0.2) is 38.2 Å². The van der Waals surface area contributed by atoms with Gasteiger partial charge in [-0.15, -0.1) is 10.2 Å². The fourth-order valence-corrected chi connectivity index (χ4v) is 3.95. The van der Waals surface area contributed by atoms with Crippen LogP contribution >= 0.6 is 11.3 Å². The highest BCUT2D eigenvalue weighted by Crippen LogP contribution is 2.16. The monoisotopic (exact) mass is 351 g/mol. The van der Waals surface area contributed by atoms with Crippen LogP contribution in [0.5, 0.6) is 0 Å². The second-order valence-corrected chi connectivity index (χ2v) is 7.47. The third kappa shape index (κ3) is 2.52. The lowest BCUT2D eigenvalue weighted by Gasteiger charge is -2.04. The first-order valence-corrected chi connectivity index (χ1v) is 8.69. The van der Waals surface area contributed by atoms with Crippen molar-refractivity contribution in [3.63, 3.8) is 0 Å². The van der Waals surface area contributed by atoms with Crippen molar-refractivity contribution >= 4 is 37.4 Å². The maximum atomic E-state index is 12.3. The number of aromatic nitrogens is 6. The average Bonchev–Trinajstić information content (AvgIpc) is 3.16. The van der Waals surface area contributed by atoms with Crippen molar-refractivity contribution in [2.24, 2.45) is 0 Å². The van der Waals surface area contributed by atoms with Gasteiger partial charge in [-0.1, -0.05) is 11.3 Å². The normalized spacial score (nSPS) is 12.3. The van der Waals surface area contributed by atoms with Crippen molar-refractivity contribution in [2.75, 3.05) is 0 Å². The Bertz CT molecular complexity index is 1140. The zero-order valence-corrected chi connectivity index (χ0v) is 13.0. The van der Waals surface area contributed by atoms with E-state index in [4.69, 9.17) is 0 Å². The van der Waals surface area contributed by atoms with Crippen LogP contribution in [0.15, 0.2) is 34.2 Å². The van der Waals surface area contributed by atoms with Crippen LogP contribution in [0, 0.1) is 0 Å². The second-order valence-electron chi connectivity index (χ2n) is 4.66. The number of benzene rings is 1. The molecular weight excluding hydrogens is 342 g/mol. The molecule has 0 amide bonds. The first kappa shape index (κ1) is 14.0. The van der Waals surface area contributed by atoms with Gasteiger partial charge >= 0.3 is 5.69 Å². The Kier molecular flexibility index (Phi) is 3.04. The molecule has 3 N–H and O–H groups in total. The van der Waals surface area contributed by atoms with Gasteiger partial charge < -0.3 is 9.97 Å². The van der Waals surface area contributed by atoms with E-state index in [9.17, 15) is 13.2 Å². The Balaban J connectivity index is 1.60. The van der Waals surface area contributed by atoms with E-state index < -0.39 is 10.0 Å². The van der Waals surface area contributed by atoms with Crippen LogP contribution in [0.1, 0.15) is 5.01 Å². The van der Waals surface area contributed by atoms with Gasteiger partial charge in [0.15, 0.2) is 0 Å². The maximum absolute atomic E-state index is 12.3. The zero-order chi connectivity index (χ0) is 16.0. The van der Waals surface area contributed by atoms with Crippen molar-refractivity contribution in [1.29, 1.82) is 0 Å². The predicted molar refractivity (Wildman–Crippen MR) is 81.6 cm³/mol. The van der Waals surface area contributed by atoms with E-state index in [1.54, 1.807) is 0 Å². The summed E-state index contributed by atoms with van der Waals surface area (Å²) in [5.74, 6) is 0. The molecule has 0 saturated heterocycles. The molecule has 0 atom stereocenters. The molecule has 0 fully saturated rings. The van der Waals surface area contributed by atoms with Crippen molar-refractivity contribution in [3.8, 4) is 0 Å². The number of fused-ring (bicyclic) bond motifs is 2. The van der Waals surface area contributed by atoms with E-state index in [0.29, 0.717) is 21.0 Å². The average molecular weight is 351 g/mol. The number of hydrogen-bond donors (Lipinski definition) is 3. The molecule has 0 unspecified atom stereocenters. The highest BCUT2D eigenvalue weighted by molar-refractivity contribution is 7.89. The molecule has 0 spiro atoms. The number of rotatable bonds is 4. The first-order valence-electron chi connectivity index (χ1n) is 6.39. The summed E-state index contributed by atoms with van der Waals surface area (Å²) >= 11 is 1.24. The van der Waals surface area contributed by atoms with Crippen LogP contribution in [0.4, 0.5) is 0 Å². The smallest absolute Gasteiger partial charge is 0.306 e. The molecule has 3 heterocycles. The minimum Gasteiger partial charge on any atom is -0.306 e. The fraction of sp³-hybridized carbons (Fsp3) is 0.0909. The number of sulfonamides is 1. The lowest BCUT2D eigenvalue weighted by Crippen LogP contribution is -2.23. The van der Waals surface area contributed by atoms with E-state index in [1.165, 1.54) is 40.4 Å². The van der Waals surface area contributed by atoms with Crippen molar-refractivity contribution in [1.82, 2.24) is 34.5 Å². The minimum absolute atomic E-state index is 0.0397.